The Morgan fingerprint density at radius 3 is 1.74 bits per heavy atom. The quantitative estimate of drug-likeness (QED) is 0.308. The molecule has 0 atom stereocenters. The van der Waals surface area contributed by atoms with E-state index in [0.29, 0.717) is 41.2 Å². The third-order valence-corrected chi connectivity index (χ3v) is 5.33. The molecule has 27 heavy (non-hydrogen) atoms. The molecule has 9 heteroatoms. The molecule has 0 aliphatic heterocycles. The fourth-order valence-corrected chi connectivity index (χ4v) is 4.26. The van der Waals surface area contributed by atoms with Gasteiger partial charge in [0.25, 0.3) is 0 Å². The normalized spacial score (nSPS) is 9.44. The van der Waals surface area contributed by atoms with Crippen LogP contribution in [0.15, 0.2) is 42.2 Å². The smallest absolute Gasteiger partial charge is 0.311 e. The van der Waals surface area contributed by atoms with Gasteiger partial charge in [-0.1, -0.05) is 6.92 Å². The molecule has 5 nitrogen and oxygen atoms in total. The van der Waals surface area contributed by atoms with Crippen LogP contribution in [0.2, 0.25) is 0 Å². The maximum Gasteiger partial charge on any atom is 0.311 e. The molecule has 0 aliphatic rings. The maximum atomic E-state index is 11.3. The third kappa shape index (κ3) is 7.27. The summed E-state index contributed by atoms with van der Waals surface area (Å²) in [6, 6.07) is 10.3. The number of esters is 1. The van der Waals surface area contributed by atoms with Gasteiger partial charge < -0.3 is 9.84 Å². The molecule has 0 bridgehead atoms. The van der Waals surface area contributed by atoms with E-state index in [-0.39, 0.29) is 11.7 Å². The van der Waals surface area contributed by atoms with E-state index < -0.39 is 0 Å². The van der Waals surface area contributed by atoms with Gasteiger partial charge >= 0.3 is 5.97 Å². The van der Waals surface area contributed by atoms with Crippen molar-refractivity contribution in [1.82, 2.24) is 0 Å². The summed E-state index contributed by atoms with van der Waals surface area (Å²) < 4.78 is 7.38. The van der Waals surface area contributed by atoms with Crippen LogP contribution in [0, 0.1) is 22.7 Å². The molecule has 140 valence electrons. The number of nitriles is 2. The molecule has 0 amide bonds. The molecule has 2 rings (SSSR count). The molecule has 2 aromatic rings. The summed E-state index contributed by atoms with van der Waals surface area (Å²) in [5, 5.41) is 26.5. The zero-order chi connectivity index (χ0) is 20.6. The first-order valence-corrected chi connectivity index (χ1v) is 10.6. The molecular weight excluding hydrogens is 612 g/mol. The minimum absolute atomic E-state index is 0.115. The predicted octanol–water partition coefficient (Wildman–Crippen LogP) is 6.58. The lowest BCUT2D eigenvalue weighted by Crippen LogP contribution is -2.07. The Morgan fingerprint density at radius 2 is 1.37 bits per heavy atom. The number of ether oxygens (including phenoxy) is 1. The molecule has 0 saturated heterocycles. The minimum atomic E-state index is -0.284. The summed E-state index contributed by atoms with van der Waals surface area (Å²) in [5.74, 6) is 0.245. The summed E-state index contributed by atoms with van der Waals surface area (Å²) in [5.41, 5.74) is 0.996. The third-order valence-electron chi connectivity index (χ3n) is 2.94. The van der Waals surface area contributed by atoms with Crippen LogP contribution in [0.5, 0.6) is 11.5 Å². The van der Waals surface area contributed by atoms with E-state index in [1.54, 1.807) is 24.3 Å². The summed E-state index contributed by atoms with van der Waals surface area (Å²) in [7, 11) is 0. The summed E-state index contributed by atoms with van der Waals surface area (Å²) in [6.07, 6.45) is 1.11. The molecule has 0 aromatic heterocycles. The second-order valence-corrected chi connectivity index (χ2v) is 8.42. The molecule has 2 aromatic carbocycles. The van der Waals surface area contributed by atoms with Gasteiger partial charge in [-0.15, -0.1) is 0 Å². The first kappa shape index (κ1) is 23.6. The van der Waals surface area contributed by atoms with Crippen molar-refractivity contribution in [1.29, 1.82) is 10.5 Å². The molecule has 0 spiro atoms. The number of carbonyl (C=O) groups excluding carboxylic acids is 1. The highest BCUT2D eigenvalue weighted by Gasteiger charge is 2.12. The predicted molar refractivity (Wildman–Crippen MR) is 115 cm³/mol. The first-order valence-electron chi connectivity index (χ1n) is 7.41. The van der Waals surface area contributed by atoms with Crippen LogP contribution in [0.4, 0.5) is 0 Å². The Kier molecular flexibility index (Phi) is 10.0. The van der Waals surface area contributed by atoms with Gasteiger partial charge in [-0.05, 0) is 94.4 Å². The van der Waals surface area contributed by atoms with Crippen molar-refractivity contribution in [2.45, 2.75) is 19.8 Å². The molecule has 0 unspecified atom stereocenters. The molecule has 0 saturated carbocycles. The zero-order valence-corrected chi connectivity index (χ0v) is 20.2. The molecule has 0 radical (unpaired) electrons. The number of aromatic hydroxyl groups is 1. The Morgan fingerprint density at radius 1 is 0.963 bits per heavy atom. The van der Waals surface area contributed by atoms with Crippen molar-refractivity contribution >= 4 is 69.7 Å². The number of hydrogen-bond acceptors (Lipinski definition) is 5. The lowest BCUT2D eigenvalue weighted by molar-refractivity contribution is -0.134. The fraction of sp³-hybridized carbons (Fsp3) is 0.167. The number of nitrogens with zero attached hydrogens (tertiary/aromatic N) is 2. The average molecular weight is 624 g/mol. The highest BCUT2D eigenvalue weighted by atomic mass is 79.9. The number of hydrogen-bond donors (Lipinski definition) is 1. The molecule has 0 fully saturated rings. The van der Waals surface area contributed by atoms with Crippen molar-refractivity contribution in [2.24, 2.45) is 0 Å². The van der Waals surface area contributed by atoms with Crippen molar-refractivity contribution in [3.8, 4) is 23.6 Å². The van der Waals surface area contributed by atoms with Gasteiger partial charge in [0.1, 0.15) is 5.75 Å². The Bertz CT molecular complexity index is 887. The number of phenols is 1. The van der Waals surface area contributed by atoms with Crippen LogP contribution in [0.1, 0.15) is 30.9 Å². The molecular formula is C18H12Br4N2O3. The number of carbonyl (C=O) groups is 1. The van der Waals surface area contributed by atoms with Gasteiger partial charge in [-0.25, -0.2) is 0 Å². The largest absolute Gasteiger partial charge is 0.506 e. The van der Waals surface area contributed by atoms with Crippen molar-refractivity contribution < 1.29 is 14.6 Å². The number of rotatable bonds is 3. The van der Waals surface area contributed by atoms with Crippen molar-refractivity contribution in [2.75, 3.05) is 0 Å². The Hall–Kier alpha value is -1.39. The number of phenolic OH excluding ortho intramolecular Hbond substituents is 1. The average Bonchev–Trinajstić information content (AvgIpc) is 2.62. The topological polar surface area (TPSA) is 94.1 Å². The summed E-state index contributed by atoms with van der Waals surface area (Å²) >= 11 is 12.7. The minimum Gasteiger partial charge on any atom is -0.506 e. The van der Waals surface area contributed by atoms with Gasteiger partial charge in [0.05, 0.1) is 41.2 Å². The van der Waals surface area contributed by atoms with Crippen LogP contribution in [-0.4, -0.2) is 11.1 Å². The van der Waals surface area contributed by atoms with Gasteiger partial charge in [-0.3, -0.25) is 4.79 Å². The van der Waals surface area contributed by atoms with Crippen LogP contribution in [-0.2, 0) is 4.79 Å². The van der Waals surface area contributed by atoms with Gasteiger partial charge in [0.15, 0.2) is 5.75 Å². The van der Waals surface area contributed by atoms with E-state index in [2.05, 4.69) is 63.7 Å². The van der Waals surface area contributed by atoms with Crippen LogP contribution in [0.25, 0.3) is 0 Å². The lowest BCUT2D eigenvalue weighted by Gasteiger charge is -2.08. The van der Waals surface area contributed by atoms with E-state index >= 15 is 0 Å². The number of benzene rings is 2. The van der Waals surface area contributed by atoms with Crippen LogP contribution in [0.3, 0.4) is 0 Å². The Balaban J connectivity index is 0.000000289. The Labute approximate surface area is 190 Å². The first-order chi connectivity index (χ1) is 12.7. The maximum absolute atomic E-state index is 11.3. The summed E-state index contributed by atoms with van der Waals surface area (Å²) in [4.78, 5) is 11.3. The molecule has 0 heterocycles. The summed E-state index contributed by atoms with van der Waals surface area (Å²) in [6.45, 7) is 1.91. The second kappa shape index (κ2) is 11.5. The van der Waals surface area contributed by atoms with Crippen molar-refractivity contribution in [3.63, 3.8) is 0 Å². The van der Waals surface area contributed by atoms with Crippen LogP contribution < -0.4 is 4.74 Å². The fourth-order valence-electron chi connectivity index (χ4n) is 1.72. The monoisotopic (exact) mass is 620 g/mol. The number of halogens is 4. The molecule has 1 N–H and O–H groups in total. The highest BCUT2D eigenvalue weighted by Crippen LogP contribution is 2.35. The molecule has 0 aliphatic carbocycles. The van der Waals surface area contributed by atoms with E-state index in [4.69, 9.17) is 15.3 Å². The van der Waals surface area contributed by atoms with E-state index in [1.807, 2.05) is 19.1 Å². The SMILES string of the molecule is CCCC(=O)Oc1c(Br)cc(C#N)cc1Br.N#Cc1cc(Br)c(O)c(Br)c1. The highest BCUT2D eigenvalue weighted by molar-refractivity contribution is 9.11. The van der Waals surface area contributed by atoms with E-state index in [9.17, 15) is 9.90 Å². The van der Waals surface area contributed by atoms with Gasteiger partial charge in [0.2, 0.25) is 0 Å². The van der Waals surface area contributed by atoms with Gasteiger partial charge in [-0.2, -0.15) is 10.5 Å². The second-order valence-electron chi connectivity index (χ2n) is 5.01. The van der Waals surface area contributed by atoms with E-state index in [1.165, 1.54) is 0 Å². The standard InChI is InChI=1S/C11H9Br2NO2.C7H3Br2NO/c1-2-3-10(15)16-11-8(12)4-7(6-14)5-9(11)13;8-5-1-4(3-10)2-6(9)7(5)11/h4-5H,2-3H2,1H3;1-2,11H. The van der Waals surface area contributed by atoms with E-state index in [0.717, 1.165) is 6.42 Å². The van der Waals surface area contributed by atoms with Crippen molar-refractivity contribution in [3.05, 3.63) is 53.3 Å². The van der Waals surface area contributed by atoms with Gasteiger partial charge in [0, 0.05) is 6.42 Å². The van der Waals surface area contributed by atoms with Crippen LogP contribution >= 0.6 is 63.7 Å². The zero-order valence-electron chi connectivity index (χ0n) is 13.9. The lowest BCUT2D eigenvalue weighted by atomic mass is 10.2.